The van der Waals surface area contributed by atoms with E-state index in [9.17, 15) is 4.79 Å². The topological polar surface area (TPSA) is 90.4 Å². The van der Waals surface area contributed by atoms with Crippen molar-refractivity contribution in [2.75, 3.05) is 0 Å². The number of carboxylic acid groups (broad SMARTS) is 1. The van der Waals surface area contributed by atoms with Gasteiger partial charge in [-0.15, -0.1) is 0 Å². The number of aryl methyl sites for hydroxylation is 1. The molecule has 0 aliphatic carbocycles. The minimum atomic E-state index is -1.02. The van der Waals surface area contributed by atoms with Crippen LogP contribution in [0.25, 0.3) is 0 Å². The second-order valence-electron chi connectivity index (χ2n) is 5.44. The van der Waals surface area contributed by atoms with Crippen LogP contribution in [0.15, 0.2) is 36.5 Å². The third kappa shape index (κ3) is 4.82. The Hall–Kier alpha value is -2.34. The molecule has 0 saturated carbocycles. The van der Waals surface area contributed by atoms with Crippen molar-refractivity contribution in [2.24, 2.45) is 5.73 Å². The lowest BCUT2D eigenvalue weighted by Gasteiger charge is -2.14. The number of nitrogens with zero attached hydrogens (tertiary/aromatic N) is 2. The van der Waals surface area contributed by atoms with Crippen molar-refractivity contribution in [1.82, 2.24) is 9.78 Å². The first-order chi connectivity index (χ1) is 11.1. The van der Waals surface area contributed by atoms with E-state index in [1.54, 1.807) is 6.20 Å². The van der Waals surface area contributed by atoms with Gasteiger partial charge in [-0.2, -0.15) is 5.10 Å². The summed E-state index contributed by atoms with van der Waals surface area (Å²) in [6, 6.07) is 8.38. The van der Waals surface area contributed by atoms with E-state index in [1.807, 2.05) is 35.0 Å². The fourth-order valence-corrected chi connectivity index (χ4v) is 2.28. The Morgan fingerprint density at radius 1 is 1.39 bits per heavy atom. The summed E-state index contributed by atoms with van der Waals surface area (Å²) in [5.74, 6) is -0.357. The number of hydrogen-bond donors (Lipinski definition) is 2. The zero-order valence-corrected chi connectivity index (χ0v) is 13.3. The van der Waals surface area contributed by atoms with E-state index in [0.717, 1.165) is 30.6 Å². The molecular formula is C17H23N3O3. The zero-order valence-electron chi connectivity index (χ0n) is 13.3. The first-order valence-electron chi connectivity index (χ1n) is 7.81. The van der Waals surface area contributed by atoms with E-state index < -0.39 is 12.0 Å². The van der Waals surface area contributed by atoms with Crippen LogP contribution in [0, 0.1) is 0 Å². The Bertz CT molecular complexity index is 640. The molecule has 2 aromatic rings. The standard InChI is InChI=1S/C17H23N3O3/c1-2-3-10-20-14(8-9-19-20)12-23-16-7-5-4-6-13(16)11-15(18)17(21)22/h4-9,15H,2-3,10-12,18H2,1H3,(H,21,22)/t15-/m1/s1. The lowest BCUT2D eigenvalue weighted by molar-refractivity contribution is -0.138. The summed E-state index contributed by atoms with van der Waals surface area (Å²) in [5.41, 5.74) is 7.41. The van der Waals surface area contributed by atoms with E-state index in [-0.39, 0.29) is 6.42 Å². The second kappa shape index (κ2) is 8.33. The quantitative estimate of drug-likeness (QED) is 0.740. The van der Waals surface area contributed by atoms with Crippen molar-refractivity contribution in [3.63, 3.8) is 0 Å². The number of aromatic nitrogens is 2. The number of para-hydroxylation sites is 1. The smallest absolute Gasteiger partial charge is 0.320 e. The van der Waals surface area contributed by atoms with Crippen LogP contribution in [0.2, 0.25) is 0 Å². The molecule has 0 aliphatic heterocycles. The van der Waals surface area contributed by atoms with Crippen LogP contribution in [0.3, 0.4) is 0 Å². The zero-order chi connectivity index (χ0) is 16.7. The summed E-state index contributed by atoms with van der Waals surface area (Å²) in [6.45, 7) is 3.40. The molecule has 124 valence electrons. The minimum Gasteiger partial charge on any atom is -0.487 e. The van der Waals surface area contributed by atoms with Gasteiger partial charge < -0.3 is 15.6 Å². The highest BCUT2D eigenvalue weighted by Gasteiger charge is 2.15. The molecule has 0 radical (unpaired) electrons. The van der Waals surface area contributed by atoms with Crippen molar-refractivity contribution in [3.05, 3.63) is 47.8 Å². The number of ether oxygens (including phenoxy) is 1. The SMILES string of the molecule is CCCCn1nccc1COc1ccccc1C[C@@H](N)C(=O)O. The fraction of sp³-hybridized carbons (Fsp3) is 0.412. The predicted octanol–water partition coefficient (Wildman–Crippen LogP) is 2.22. The van der Waals surface area contributed by atoms with E-state index in [4.69, 9.17) is 15.6 Å². The van der Waals surface area contributed by atoms with Crippen molar-refractivity contribution in [2.45, 2.75) is 45.4 Å². The van der Waals surface area contributed by atoms with Gasteiger partial charge in [-0.1, -0.05) is 31.5 Å². The Morgan fingerprint density at radius 3 is 2.91 bits per heavy atom. The maximum absolute atomic E-state index is 10.9. The van der Waals surface area contributed by atoms with Gasteiger partial charge in [0.25, 0.3) is 0 Å². The summed E-state index contributed by atoms with van der Waals surface area (Å²) in [7, 11) is 0. The van der Waals surface area contributed by atoms with Gasteiger partial charge in [0.1, 0.15) is 18.4 Å². The number of benzene rings is 1. The molecule has 1 atom stereocenters. The van der Waals surface area contributed by atoms with Gasteiger partial charge in [0.05, 0.1) is 5.69 Å². The van der Waals surface area contributed by atoms with Crippen LogP contribution < -0.4 is 10.5 Å². The third-order valence-corrected chi connectivity index (χ3v) is 3.63. The summed E-state index contributed by atoms with van der Waals surface area (Å²) in [5, 5.41) is 13.3. The summed E-state index contributed by atoms with van der Waals surface area (Å²) < 4.78 is 7.81. The number of carbonyl (C=O) groups is 1. The van der Waals surface area contributed by atoms with Crippen LogP contribution >= 0.6 is 0 Å². The Labute approximate surface area is 135 Å². The lowest BCUT2D eigenvalue weighted by atomic mass is 10.1. The average molecular weight is 317 g/mol. The molecular weight excluding hydrogens is 294 g/mol. The number of unbranched alkanes of at least 4 members (excludes halogenated alkanes) is 1. The van der Waals surface area contributed by atoms with Crippen molar-refractivity contribution in [1.29, 1.82) is 0 Å². The molecule has 1 aromatic heterocycles. The van der Waals surface area contributed by atoms with Crippen molar-refractivity contribution in [3.8, 4) is 5.75 Å². The Morgan fingerprint density at radius 2 is 2.17 bits per heavy atom. The first kappa shape index (κ1) is 17.0. The maximum atomic E-state index is 10.9. The minimum absolute atomic E-state index is 0.237. The maximum Gasteiger partial charge on any atom is 0.320 e. The number of rotatable bonds is 9. The normalized spacial score (nSPS) is 12.1. The van der Waals surface area contributed by atoms with Gasteiger partial charge in [0, 0.05) is 19.2 Å². The second-order valence-corrected chi connectivity index (χ2v) is 5.44. The third-order valence-electron chi connectivity index (χ3n) is 3.63. The molecule has 3 N–H and O–H groups in total. The average Bonchev–Trinajstić information content (AvgIpc) is 2.99. The molecule has 1 aromatic carbocycles. The molecule has 23 heavy (non-hydrogen) atoms. The highest BCUT2D eigenvalue weighted by molar-refractivity contribution is 5.73. The number of carboxylic acids is 1. The lowest BCUT2D eigenvalue weighted by Crippen LogP contribution is -2.32. The number of aliphatic carboxylic acids is 1. The molecule has 6 nitrogen and oxygen atoms in total. The molecule has 2 rings (SSSR count). The Kier molecular flexibility index (Phi) is 6.17. The summed E-state index contributed by atoms with van der Waals surface area (Å²) >= 11 is 0. The summed E-state index contributed by atoms with van der Waals surface area (Å²) in [6.07, 6.45) is 4.18. The summed E-state index contributed by atoms with van der Waals surface area (Å²) in [4.78, 5) is 10.9. The van der Waals surface area contributed by atoms with Gasteiger partial charge in [0.2, 0.25) is 0 Å². The van der Waals surface area contributed by atoms with Crippen LogP contribution in [-0.4, -0.2) is 26.9 Å². The number of hydrogen-bond acceptors (Lipinski definition) is 4. The monoisotopic (exact) mass is 317 g/mol. The molecule has 0 spiro atoms. The molecule has 0 fully saturated rings. The number of nitrogens with two attached hydrogens (primary N) is 1. The van der Waals surface area contributed by atoms with Gasteiger partial charge >= 0.3 is 5.97 Å². The molecule has 0 saturated heterocycles. The molecule has 6 heteroatoms. The van der Waals surface area contributed by atoms with Gasteiger partial charge in [0.15, 0.2) is 0 Å². The van der Waals surface area contributed by atoms with E-state index in [2.05, 4.69) is 12.0 Å². The largest absolute Gasteiger partial charge is 0.487 e. The van der Waals surface area contributed by atoms with E-state index >= 15 is 0 Å². The highest BCUT2D eigenvalue weighted by atomic mass is 16.5. The van der Waals surface area contributed by atoms with Crippen LogP contribution in [0.4, 0.5) is 0 Å². The molecule has 1 heterocycles. The first-order valence-corrected chi connectivity index (χ1v) is 7.81. The highest BCUT2D eigenvalue weighted by Crippen LogP contribution is 2.20. The predicted molar refractivity (Wildman–Crippen MR) is 87.2 cm³/mol. The van der Waals surface area contributed by atoms with Crippen LogP contribution in [0.1, 0.15) is 31.0 Å². The Balaban J connectivity index is 2.03. The molecule has 0 amide bonds. The van der Waals surface area contributed by atoms with E-state index in [1.165, 1.54) is 0 Å². The molecule has 0 unspecified atom stereocenters. The van der Waals surface area contributed by atoms with Gasteiger partial charge in [-0.05, 0) is 24.1 Å². The van der Waals surface area contributed by atoms with Crippen molar-refractivity contribution >= 4 is 5.97 Å². The molecule has 0 bridgehead atoms. The van der Waals surface area contributed by atoms with Gasteiger partial charge in [-0.25, -0.2) is 0 Å². The van der Waals surface area contributed by atoms with Crippen LogP contribution in [0.5, 0.6) is 5.75 Å². The van der Waals surface area contributed by atoms with E-state index in [0.29, 0.717) is 12.4 Å². The van der Waals surface area contributed by atoms with Crippen LogP contribution in [-0.2, 0) is 24.4 Å². The fourth-order valence-electron chi connectivity index (χ4n) is 2.28. The van der Waals surface area contributed by atoms with Gasteiger partial charge in [-0.3, -0.25) is 9.48 Å². The molecule has 0 aliphatic rings. The van der Waals surface area contributed by atoms with Crippen molar-refractivity contribution < 1.29 is 14.6 Å².